The second-order valence-corrected chi connectivity index (χ2v) is 8.26. The number of carbonyl (C=O) groups is 1. The molecule has 1 aliphatic heterocycles. The maximum Gasteiger partial charge on any atom is 0.253 e. The summed E-state index contributed by atoms with van der Waals surface area (Å²) in [5, 5.41) is 3.20. The van der Waals surface area contributed by atoms with Crippen molar-refractivity contribution in [3.05, 3.63) is 45.9 Å². The van der Waals surface area contributed by atoms with Crippen LogP contribution in [0.5, 0.6) is 0 Å². The number of thioether (sulfide) groups is 1. The second-order valence-electron chi connectivity index (χ2n) is 6.15. The number of aryl methyl sites for hydroxylation is 1. The summed E-state index contributed by atoms with van der Waals surface area (Å²) in [4.78, 5) is 20.2. The standard InChI is InChI=1S/C19H24N2O2S2/c1-3-21(11-17-5-4-10-23-17)19(22)15-6-8-18(9-7-15)25-13-16-12-24-14(2)20-16/h6-9,12,17H,3-5,10-11,13H2,1-2H3/t17-/m0/s1. The largest absolute Gasteiger partial charge is 0.376 e. The average molecular weight is 377 g/mol. The first-order valence-electron chi connectivity index (χ1n) is 8.70. The van der Waals surface area contributed by atoms with Crippen LogP contribution < -0.4 is 0 Å². The van der Waals surface area contributed by atoms with Crippen molar-refractivity contribution in [2.45, 2.75) is 43.4 Å². The van der Waals surface area contributed by atoms with Crippen LogP contribution >= 0.6 is 23.1 Å². The number of carbonyl (C=O) groups excluding carboxylic acids is 1. The normalized spacial score (nSPS) is 17.0. The maximum atomic E-state index is 12.7. The monoisotopic (exact) mass is 376 g/mol. The molecule has 0 aliphatic carbocycles. The fourth-order valence-electron chi connectivity index (χ4n) is 2.90. The van der Waals surface area contributed by atoms with E-state index in [1.165, 1.54) is 0 Å². The van der Waals surface area contributed by atoms with Crippen molar-refractivity contribution in [2.75, 3.05) is 19.7 Å². The summed E-state index contributed by atoms with van der Waals surface area (Å²) in [6.07, 6.45) is 2.34. The molecule has 1 aliphatic rings. The fourth-order valence-corrected chi connectivity index (χ4v) is 4.41. The lowest BCUT2D eigenvalue weighted by molar-refractivity contribution is 0.0539. The Morgan fingerprint density at radius 2 is 2.20 bits per heavy atom. The number of thiazole rings is 1. The smallest absolute Gasteiger partial charge is 0.253 e. The summed E-state index contributed by atoms with van der Waals surface area (Å²) in [5.74, 6) is 0.947. The molecule has 0 N–H and O–H groups in total. The lowest BCUT2D eigenvalue weighted by Gasteiger charge is -2.24. The summed E-state index contributed by atoms with van der Waals surface area (Å²) < 4.78 is 5.66. The lowest BCUT2D eigenvalue weighted by atomic mass is 10.1. The van der Waals surface area contributed by atoms with E-state index in [9.17, 15) is 4.79 Å². The molecule has 0 bridgehead atoms. The van der Waals surface area contributed by atoms with Crippen LogP contribution in [0.2, 0.25) is 0 Å². The zero-order valence-electron chi connectivity index (χ0n) is 14.7. The van der Waals surface area contributed by atoms with E-state index in [1.807, 2.05) is 43.0 Å². The minimum absolute atomic E-state index is 0.0877. The molecule has 0 unspecified atom stereocenters. The van der Waals surface area contributed by atoms with Crippen molar-refractivity contribution in [1.29, 1.82) is 0 Å². The summed E-state index contributed by atoms with van der Waals surface area (Å²) in [6.45, 7) is 6.26. The number of amides is 1. The molecule has 1 amide bonds. The molecule has 1 saturated heterocycles. The summed E-state index contributed by atoms with van der Waals surface area (Å²) in [6, 6.07) is 7.90. The maximum absolute atomic E-state index is 12.7. The predicted octanol–water partition coefficient (Wildman–Crippen LogP) is 4.38. The molecule has 134 valence electrons. The zero-order valence-corrected chi connectivity index (χ0v) is 16.4. The van der Waals surface area contributed by atoms with E-state index in [2.05, 4.69) is 10.4 Å². The van der Waals surface area contributed by atoms with Gasteiger partial charge in [0.1, 0.15) is 0 Å². The molecule has 2 aromatic rings. The molecule has 1 aromatic heterocycles. The molecule has 1 aromatic carbocycles. The Hall–Kier alpha value is -1.37. The van der Waals surface area contributed by atoms with Crippen LogP contribution in [0.1, 0.15) is 40.8 Å². The lowest BCUT2D eigenvalue weighted by Crippen LogP contribution is -2.37. The average Bonchev–Trinajstić information content (AvgIpc) is 3.29. The third-order valence-electron chi connectivity index (χ3n) is 4.27. The fraction of sp³-hybridized carbons (Fsp3) is 0.474. The molecule has 0 spiro atoms. The van der Waals surface area contributed by atoms with Gasteiger partial charge >= 0.3 is 0 Å². The topological polar surface area (TPSA) is 42.4 Å². The van der Waals surface area contributed by atoms with Crippen LogP contribution in [-0.2, 0) is 10.5 Å². The Bertz CT molecular complexity index is 694. The van der Waals surface area contributed by atoms with Crippen LogP contribution in [0.3, 0.4) is 0 Å². The van der Waals surface area contributed by atoms with Gasteiger partial charge in [-0.05, 0) is 51.0 Å². The minimum Gasteiger partial charge on any atom is -0.376 e. The van der Waals surface area contributed by atoms with Gasteiger partial charge in [-0.25, -0.2) is 4.98 Å². The van der Waals surface area contributed by atoms with Gasteiger partial charge in [-0.2, -0.15) is 0 Å². The SMILES string of the molecule is CCN(C[C@@H]1CCCO1)C(=O)c1ccc(SCc2csc(C)n2)cc1. The highest BCUT2D eigenvalue weighted by molar-refractivity contribution is 7.98. The van der Waals surface area contributed by atoms with E-state index >= 15 is 0 Å². The summed E-state index contributed by atoms with van der Waals surface area (Å²) in [5.41, 5.74) is 1.86. The van der Waals surface area contributed by atoms with Gasteiger partial charge in [-0.3, -0.25) is 4.79 Å². The number of nitrogens with zero attached hydrogens (tertiary/aromatic N) is 2. The number of aromatic nitrogens is 1. The van der Waals surface area contributed by atoms with Crippen molar-refractivity contribution in [2.24, 2.45) is 0 Å². The second kappa shape index (κ2) is 8.83. The molecule has 0 radical (unpaired) electrons. The van der Waals surface area contributed by atoms with Crippen LogP contribution in [0.15, 0.2) is 34.5 Å². The Morgan fingerprint density at radius 3 is 2.80 bits per heavy atom. The van der Waals surface area contributed by atoms with Crippen molar-refractivity contribution >= 4 is 29.0 Å². The van der Waals surface area contributed by atoms with Gasteiger partial charge < -0.3 is 9.64 Å². The number of ether oxygens (including phenoxy) is 1. The molecule has 3 rings (SSSR count). The van der Waals surface area contributed by atoms with E-state index in [0.29, 0.717) is 13.1 Å². The highest BCUT2D eigenvalue weighted by Gasteiger charge is 2.22. The number of rotatable bonds is 7. The van der Waals surface area contributed by atoms with Gasteiger partial charge in [0.2, 0.25) is 0 Å². The molecule has 0 saturated carbocycles. The van der Waals surface area contributed by atoms with Crippen molar-refractivity contribution < 1.29 is 9.53 Å². The van der Waals surface area contributed by atoms with Gasteiger partial charge in [0.15, 0.2) is 0 Å². The zero-order chi connectivity index (χ0) is 17.6. The predicted molar refractivity (Wildman–Crippen MR) is 103 cm³/mol. The number of hydrogen-bond donors (Lipinski definition) is 0. The van der Waals surface area contributed by atoms with E-state index in [-0.39, 0.29) is 12.0 Å². The van der Waals surface area contributed by atoms with Crippen molar-refractivity contribution in [1.82, 2.24) is 9.88 Å². The van der Waals surface area contributed by atoms with Gasteiger partial charge in [0.05, 0.1) is 16.8 Å². The van der Waals surface area contributed by atoms with Gasteiger partial charge in [0, 0.05) is 41.3 Å². The van der Waals surface area contributed by atoms with Crippen LogP contribution in [0.25, 0.3) is 0 Å². The highest BCUT2D eigenvalue weighted by atomic mass is 32.2. The van der Waals surface area contributed by atoms with Gasteiger partial charge in [-0.1, -0.05) is 0 Å². The first-order chi connectivity index (χ1) is 12.2. The molecule has 2 heterocycles. The molecular formula is C19H24N2O2S2. The van der Waals surface area contributed by atoms with Gasteiger partial charge in [-0.15, -0.1) is 23.1 Å². The minimum atomic E-state index is 0.0877. The third-order valence-corrected chi connectivity index (χ3v) is 6.14. The summed E-state index contributed by atoms with van der Waals surface area (Å²) in [7, 11) is 0. The Kier molecular flexibility index (Phi) is 6.51. The number of benzene rings is 1. The number of hydrogen-bond acceptors (Lipinski definition) is 5. The Labute approximate surface area is 157 Å². The van der Waals surface area contributed by atoms with Crippen molar-refractivity contribution in [3.63, 3.8) is 0 Å². The van der Waals surface area contributed by atoms with E-state index < -0.39 is 0 Å². The third kappa shape index (κ3) is 5.06. The highest BCUT2D eigenvalue weighted by Crippen LogP contribution is 2.24. The first kappa shape index (κ1) is 18.4. The van der Waals surface area contributed by atoms with Gasteiger partial charge in [0.25, 0.3) is 5.91 Å². The molecule has 25 heavy (non-hydrogen) atoms. The Morgan fingerprint density at radius 1 is 1.40 bits per heavy atom. The van der Waals surface area contributed by atoms with E-state index in [4.69, 9.17) is 4.74 Å². The molecule has 4 nitrogen and oxygen atoms in total. The number of likely N-dealkylation sites (N-methyl/N-ethyl adjacent to an activating group) is 1. The van der Waals surface area contributed by atoms with E-state index in [1.54, 1.807) is 23.1 Å². The molecule has 1 atom stereocenters. The van der Waals surface area contributed by atoms with E-state index in [0.717, 1.165) is 46.4 Å². The van der Waals surface area contributed by atoms with Crippen LogP contribution in [0.4, 0.5) is 0 Å². The van der Waals surface area contributed by atoms with Crippen molar-refractivity contribution in [3.8, 4) is 0 Å². The quantitative estimate of drug-likeness (QED) is 0.672. The Balaban J connectivity index is 1.57. The van der Waals surface area contributed by atoms with Crippen LogP contribution in [0, 0.1) is 6.92 Å². The summed E-state index contributed by atoms with van der Waals surface area (Å²) >= 11 is 3.43. The first-order valence-corrected chi connectivity index (χ1v) is 10.6. The molecule has 6 heteroatoms. The van der Waals surface area contributed by atoms with Crippen LogP contribution in [-0.4, -0.2) is 41.6 Å². The molecular weight excluding hydrogens is 352 g/mol. The molecule has 1 fully saturated rings.